The number of H-pyrrole nitrogens is 1. The molecule has 1 aromatic heterocycles. The van der Waals surface area contributed by atoms with Gasteiger partial charge in [-0.1, -0.05) is 0 Å². The first-order valence-corrected chi connectivity index (χ1v) is 6.62. The van der Waals surface area contributed by atoms with E-state index < -0.39 is 0 Å². The molecule has 0 aromatic carbocycles. The van der Waals surface area contributed by atoms with Gasteiger partial charge in [-0.25, -0.2) is 0 Å². The van der Waals surface area contributed by atoms with Crippen LogP contribution < -0.4 is 0 Å². The van der Waals surface area contributed by atoms with Gasteiger partial charge in [0.15, 0.2) is 0 Å². The van der Waals surface area contributed by atoms with E-state index in [1.807, 2.05) is 0 Å². The fourth-order valence-electron chi connectivity index (χ4n) is 2.15. The number of esters is 1. The third-order valence-corrected chi connectivity index (χ3v) is 3.65. The number of likely N-dealkylation sites (tertiary alicyclic amines) is 1. The molecule has 0 bridgehead atoms. The normalized spacial score (nSPS) is 16.7. The van der Waals surface area contributed by atoms with Crippen molar-refractivity contribution in [3.8, 4) is 0 Å². The van der Waals surface area contributed by atoms with Gasteiger partial charge in [-0.2, -0.15) is 0 Å². The van der Waals surface area contributed by atoms with E-state index >= 15 is 0 Å². The highest BCUT2D eigenvalue weighted by Gasteiger charge is 2.28. The van der Waals surface area contributed by atoms with Crippen molar-refractivity contribution in [2.24, 2.45) is 5.92 Å². The summed E-state index contributed by atoms with van der Waals surface area (Å²) in [5.41, 5.74) is 0.568. The van der Waals surface area contributed by atoms with E-state index in [-0.39, 0.29) is 17.8 Å². The van der Waals surface area contributed by atoms with Crippen LogP contribution in [-0.2, 0) is 9.53 Å². The molecular formula is C12H15BrN2O3. The van der Waals surface area contributed by atoms with Crippen LogP contribution in [0.2, 0.25) is 0 Å². The van der Waals surface area contributed by atoms with Crippen LogP contribution in [0.5, 0.6) is 0 Å². The largest absolute Gasteiger partial charge is 0.469 e. The number of aromatic nitrogens is 1. The molecule has 18 heavy (non-hydrogen) atoms. The molecule has 0 unspecified atom stereocenters. The standard InChI is InChI=1S/C12H15BrN2O3/c1-18-12(17)8-2-4-15(5-3-8)11(16)10-6-9(13)7-14-10/h6-8,14H,2-5H2,1H3. The lowest BCUT2D eigenvalue weighted by Crippen LogP contribution is -2.40. The summed E-state index contributed by atoms with van der Waals surface area (Å²) < 4.78 is 5.58. The molecule has 6 heteroatoms. The number of ether oxygens (including phenoxy) is 1. The molecule has 98 valence electrons. The Kier molecular flexibility index (Phi) is 4.06. The van der Waals surface area contributed by atoms with Gasteiger partial charge in [0, 0.05) is 23.8 Å². The number of aromatic amines is 1. The number of amides is 1. The second kappa shape index (κ2) is 5.56. The summed E-state index contributed by atoms with van der Waals surface area (Å²) in [7, 11) is 1.40. The van der Waals surface area contributed by atoms with E-state index in [1.165, 1.54) is 7.11 Å². The summed E-state index contributed by atoms with van der Waals surface area (Å²) in [4.78, 5) is 28.2. The summed E-state index contributed by atoms with van der Waals surface area (Å²) >= 11 is 3.30. The van der Waals surface area contributed by atoms with Gasteiger partial charge in [0.1, 0.15) is 5.69 Å². The van der Waals surface area contributed by atoms with E-state index in [0.29, 0.717) is 31.6 Å². The lowest BCUT2D eigenvalue weighted by Gasteiger charge is -2.30. The van der Waals surface area contributed by atoms with Crippen molar-refractivity contribution in [1.29, 1.82) is 0 Å². The van der Waals surface area contributed by atoms with Gasteiger partial charge in [0.2, 0.25) is 0 Å². The minimum atomic E-state index is -0.176. The second-order valence-electron chi connectivity index (χ2n) is 4.32. The average molecular weight is 315 g/mol. The summed E-state index contributed by atoms with van der Waals surface area (Å²) in [6.45, 7) is 1.18. The SMILES string of the molecule is COC(=O)C1CCN(C(=O)c2cc(Br)c[nH]2)CC1. The number of carbonyl (C=O) groups is 2. The monoisotopic (exact) mass is 314 g/mol. The molecule has 1 saturated heterocycles. The number of halogens is 1. The molecule has 2 rings (SSSR count). The highest BCUT2D eigenvalue weighted by atomic mass is 79.9. The molecule has 1 N–H and O–H groups in total. The first-order valence-electron chi connectivity index (χ1n) is 5.83. The Balaban J connectivity index is 1.94. The van der Waals surface area contributed by atoms with Gasteiger partial charge < -0.3 is 14.6 Å². The van der Waals surface area contributed by atoms with Crippen LogP contribution in [0.1, 0.15) is 23.3 Å². The third-order valence-electron chi connectivity index (χ3n) is 3.19. The molecule has 1 amide bonds. The minimum Gasteiger partial charge on any atom is -0.469 e. The number of nitrogens with one attached hydrogen (secondary N) is 1. The Labute approximate surface area is 114 Å². The number of hydrogen-bond donors (Lipinski definition) is 1. The van der Waals surface area contributed by atoms with E-state index in [4.69, 9.17) is 4.74 Å². The minimum absolute atomic E-state index is 0.0241. The number of carbonyl (C=O) groups excluding carboxylic acids is 2. The Morgan fingerprint density at radius 1 is 1.44 bits per heavy atom. The molecule has 0 aliphatic carbocycles. The summed E-state index contributed by atoms with van der Waals surface area (Å²) in [5, 5.41) is 0. The van der Waals surface area contributed by atoms with Gasteiger partial charge in [0.25, 0.3) is 5.91 Å². The fourth-order valence-corrected chi connectivity index (χ4v) is 2.49. The summed E-state index contributed by atoms with van der Waals surface area (Å²) in [6, 6.07) is 1.76. The smallest absolute Gasteiger partial charge is 0.308 e. The van der Waals surface area contributed by atoms with Gasteiger partial charge in [0.05, 0.1) is 13.0 Å². The molecule has 1 aliphatic heterocycles. The lowest BCUT2D eigenvalue weighted by atomic mass is 9.97. The van der Waals surface area contributed by atoms with E-state index in [1.54, 1.807) is 17.2 Å². The molecule has 1 aliphatic rings. The third kappa shape index (κ3) is 2.75. The summed E-state index contributed by atoms with van der Waals surface area (Å²) in [5.74, 6) is -0.275. The molecule has 2 heterocycles. The average Bonchev–Trinajstić information content (AvgIpc) is 2.84. The van der Waals surface area contributed by atoms with Crippen molar-refractivity contribution in [2.45, 2.75) is 12.8 Å². The van der Waals surface area contributed by atoms with Crippen molar-refractivity contribution in [3.63, 3.8) is 0 Å². The zero-order valence-electron chi connectivity index (χ0n) is 10.1. The quantitative estimate of drug-likeness (QED) is 0.847. The number of nitrogens with zero attached hydrogens (tertiary/aromatic N) is 1. The van der Waals surface area contributed by atoms with Gasteiger partial charge in [-0.05, 0) is 34.8 Å². The van der Waals surface area contributed by atoms with Crippen molar-refractivity contribution < 1.29 is 14.3 Å². The second-order valence-corrected chi connectivity index (χ2v) is 5.24. The van der Waals surface area contributed by atoms with Crippen LogP contribution in [-0.4, -0.2) is 42.0 Å². The number of methoxy groups -OCH3 is 1. The predicted octanol–water partition coefficient (Wildman–Crippen LogP) is 1.80. The highest BCUT2D eigenvalue weighted by molar-refractivity contribution is 9.10. The van der Waals surface area contributed by atoms with Crippen LogP contribution in [0.3, 0.4) is 0 Å². The maximum absolute atomic E-state index is 12.1. The Hall–Kier alpha value is -1.30. The first kappa shape index (κ1) is 13.1. The van der Waals surface area contributed by atoms with Crippen LogP contribution in [0, 0.1) is 5.92 Å². The molecule has 0 atom stereocenters. The van der Waals surface area contributed by atoms with Crippen LogP contribution in [0.4, 0.5) is 0 Å². The zero-order chi connectivity index (χ0) is 13.1. The van der Waals surface area contributed by atoms with E-state index in [9.17, 15) is 9.59 Å². The van der Waals surface area contributed by atoms with Crippen molar-refractivity contribution in [1.82, 2.24) is 9.88 Å². The Morgan fingerprint density at radius 3 is 2.61 bits per heavy atom. The Morgan fingerprint density at radius 2 is 2.11 bits per heavy atom. The Bertz CT molecular complexity index is 450. The van der Waals surface area contributed by atoms with Crippen molar-refractivity contribution >= 4 is 27.8 Å². The maximum atomic E-state index is 12.1. The molecule has 1 aromatic rings. The molecule has 0 spiro atoms. The molecular weight excluding hydrogens is 300 g/mol. The van der Waals surface area contributed by atoms with Gasteiger partial charge >= 0.3 is 5.97 Å². The fraction of sp³-hybridized carbons (Fsp3) is 0.500. The highest BCUT2D eigenvalue weighted by Crippen LogP contribution is 2.20. The number of rotatable bonds is 2. The molecule has 0 radical (unpaired) electrons. The lowest BCUT2D eigenvalue weighted by molar-refractivity contribution is -0.146. The van der Waals surface area contributed by atoms with E-state index in [0.717, 1.165) is 4.47 Å². The number of hydrogen-bond acceptors (Lipinski definition) is 3. The maximum Gasteiger partial charge on any atom is 0.308 e. The van der Waals surface area contributed by atoms with Gasteiger partial charge in [-0.15, -0.1) is 0 Å². The molecule has 1 fully saturated rings. The first-order chi connectivity index (χ1) is 8.61. The molecule has 0 saturated carbocycles. The topological polar surface area (TPSA) is 62.4 Å². The van der Waals surface area contributed by atoms with Crippen LogP contribution in [0.15, 0.2) is 16.7 Å². The van der Waals surface area contributed by atoms with Crippen LogP contribution in [0.25, 0.3) is 0 Å². The van der Waals surface area contributed by atoms with Gasteiger partial charge in [-0.3, -0.25) is 9.59 Å². The van der Waals surface area contributed by atoms with Crippen LogP contribution >= 0.6 is 15.9 Å². The van der Waals surface area contributed by atoms with E-state index in [2.05, 4.69) is 20.9 Å². The predicted molar refractivity (Wildman–Crippen MR) is 69.1 cm³/mol. The van der Waals surface area contributed by atoms with Crippen molar-refractivity contribution in [2.75, 3.05) is 20.2 Å². The number of piperidine rings is 1. The zero-order valence-corrected chi connectivity index (χ0v) is 11.7. The summed E-state index contributed by atoms with van der Waals surface area (Å²) in [6.07, 6.45) is 3.06. The van der Waals surface area contributed by atoms with Crippen molar-refractivity contribution in [3.05, 3.63) is 22.4 Å². The molecule has 5 nitrogen and oxygen atoms in total.